The summed E-state index contributed by atoms with van der Waals surface area (Å²) in [5.41, 5.74) is 5.30. The van der Waals surface area contributed by atoms with Gasteiger partial charge in [0.2, 0.25) is 5.91 Å². The largest absolute Gasteiger partial charge is 0.393 e. The van der Waals surface area contributed by atoms with Crippen LogP contribution >= 0.6 is 12.4 Å². The van der Waals surface area contributed by atoms with Gasteiger partial charge in [-0.25, -0.2) is 0 Å². The molecule has 0 aromatic carbocycles. The Kier molecular flexibility index (Phi) is 9.77. The van der Waals surface area contributed by atoms with Gasteiger partial charge in [-0.15, -0.1) is 12.4 Å². The lowest BCUT2D eigenvalue weighted by Gasteiger charge is -2.33. The summed E-state index contributed by atoms with van der Waals surface area (Å²) < 4.78 is 0. The second-order valence-corrected chi connectivity index (χ2v) is 4.56. The Morgan fingerprint density at radius 1 is 1.41 bits per heavy atom. The average Bonchev–Trinajstić information content (AvgIpc) is 2.28. The average molecular weight is 267 g/mol. The van der Waals surface area contributed by atoms with E-state index in [4.69, 9.17) is 5.73 Å². The number of nitrogens with zero attached hydrogens (tertiary/aromatic N) is 1. The van der Waals surface area contributed by atoms with Crippen molar-refractivity contribution in [1.29, 1.82) is 0 Å². The summed E-state index contributed by atoms with van der Waals surface area (Å²) >= 11 is 0. The first-order valence-corrected chi connectivity index (χ1v) is 6.07. The van der Waals surface area contributed by atoms with E-state index in [1.54, 1.807) is 18.9 Å². The third-order valence-corrected chi connectivity index (χ3v) is 3.43. The summed E-state index contributed by atoms with van der Waals surface area (Å²) in [4.78, 5) is 13.9. The van der Waals surface area contributed by atoms with Gasteiger partial charge in [0.15, 0.2) is 0 Å². The van der Waals surface area contributed by atoms with Crippen LogP contribution in [-0.4, -0.2) is 42.2 Å². The summed E-state index contributed by atoms with van der Waals surface area (Å²) in [5.74, 6) is 0.0978. The molecular weight excluding hydrogens is 240 g/mol. The van der Waals surface area contributed by atoms with Gasteiger partial charge in [0.1, 0.15) is 0 Å². The van der Waals surface area contributed by atoms with E-state index < -0.39 is 5.41 Å². The first-order valence-electron chi connectivity index (χ1n) is 6.07. The van der Waals surface area contributed by atoms with E-state index in [9.17, 15) is 9.90 Å². The Morgan fingerprint density at radius 3 is 2.18 bits per heavy atom. The minimum Gasteiger partial charge on any atom is -0.393 e. The van der Waals surface area contributed by atoms with E-state index in [0.29, 0.717) is 19.5 Å². The van der Waals surface area contributed by atoms with Gasteiger partial charge in [0.05, 0.1) is 11.5 Å². The molecule has 0 fully saturated rings. The quantitative estimate of drug-likeness (QED) is 0.732. The molecule has 1 amide bonds. The third-order valence-electron chi connectivity index (χ3n) is 3.43. The van der Waals surface area contributed by atoms with E-state index >= 15 is 0 Å². The highest BCUT2D eigenvalue weighted by atomic mass is 35.5. The van der Waals surface area contributed by atoms with Gasteiger partial charge < -0.3 is 15.7 Å². The summed E-state index contributed by atoms with van der Waals surface area (Å²) in [6.45, 7) is 6.69. The molecule has 0 spiro atoms. The van der Waals surface area contributed by atoms with Crippen LogP contribution in [0.2, 0.25) is 0 Å². The van der Waals surface area contributed by atoms with Crippen LogP contribution in [0, 0.1) is 5.41 Å². The van der Waals surface area contributed by atoms with Gasteiger partial charge in [0, 0.05) is 20.1 Å². The number of hydrogen-bond donors (Lipinski definition) is 2. The zero-order valence-corrected chi connectivity index (χ0v) is 12.2. The second-order valence-electron chi connectivity index (χ2n) is 4.56. The van der Waals surface area contributed by atoms with Crippen LogP contribution < -0.4 is 5.73 Å². The Hall–Kier alpha value is -0.320. The summed E-state index contributed by atoms with van der Waals surface area (Å²) in [6, 6.07) is 0. The fourth-order valence-electron chi connectivity index (χ4n) is 1.82. The molecule has 0 aliphatic heterocycles. The highest BCUT2D eigenvalue weighted by Gasteiger charge is 2.35. The maximum atomic E-state index is 12.2. The fraction of sp³-hybridized carbons (Fsp3) is 0.917. The number of aliphatic hydroxyl groups excluding tert-OH is 1. The molecule has 4 nitrogen and oxygen atoms in total. The summed E-state index contributed by atoms with van der Waals surface area (Å²) in [6.07, 6.45) is 1.76. The molecule has 0 rings (SSSR count). The maximum absolute atomic E-state index is 12.2. The normalized spacial score (nSPS) is 12.8. The number of aliphatic hydroxyl groups is 1. The Labute approximate surface area is 111 Å². The van der Waals surface area contributed by atoms with Crippen molar-refractivity contribution in [2.45, 2.75) is 46.1 Å². The van der Waals surface area contributed by atoms with E-state index in [1.807, 2.05) is 13.8 Å². The molecule has 0 heterocycles. The summed E-state index contributed by atoms with van der Waals surface area (Å²) in [7, 11) is 1.78. The van der Waals surface area contributed by atoms with Crippen molar-refractivity contribution >= 4 is 18.3 Å². The molecule has 3 N–H and O–H groups in total. The van der Waals surface area contributed by atoms with Crippen molar-refractivity contribution in [3.05, 3.63) is 0 Å². The lowest BCUT2D eigenvalue weighted by atomic mass is 9.81. The van der Waals surface area contributed by atoms with Gasteiger partial charge >= 0.3 is 0 Å². The lowest BCUT2D eigenvalue weighted by molar-refractivity contribution is -0.141. The van der Waals surface area contributed by atoms with Gasteiger partial charge in [-0.1, -0.05) is 13.8 Å². The molecule has 1 atom stereocenters. The Bertz CT molecular complexity index is 210. The zero-order chi connectivity index (χ0) is 12.8. The van der Waals surface area contributed by atoms with Crippen molar-refractivity contribution < 1.29 is 9.90 Å². The van der Waals surface area contributed by atoms with Gasteiger partial charge in [-0.05, 0) is 26.2 Å². The van der Waals surface area contributed by atoms with Gasteiger partial charge in [0.25, 0.3) is 0 Å². The van der Waals surface area contributed by atoms with Gasteiger partial charge in [-0.3, -0.25) is 4.79 Å². The maximum Gasteiger partial charge on any atom is 0.229 e. The lowest BCUT2D eigenvalue weighted by Crippen LogP contribution is -2.46. The molecule has 0 aliphatic rings. The molecule has 104 valence electrons. The predicted molar refractivity (Wildman–Crippen MR) is 73.3 cm³/mol. The van der Waals surface area contributed by atoms with Crippen LogP contribution in [0.3, 0.4) is 0 Å². The first-order chi connectivity index (χ1) is 7.43. The van der Waals surface area contributed by atoms with Crippen LogP contribution in [0.4, 0.5) is 0 Å². The first kappa shape index (κ1) is 19.0. The highest BCUT2D eigenvalue weighted by Crippen LogP contribution is 2.27. The van der Waals surface area contributed by atoms with Crippen LogP contribution in [0.1, 0.15) is 40.0 Å². The molecule has 0 saturated heterocycles. The number of carbonyl (C=O) groups is 1. The predicted octanol–water partition coefficient (Wildman–Crippen LogP) is 1.40. The monoisotopic (exact) mass is 266 g/mol. The summed E-state index contributed by atoms with van der Waals surface area (Å²) in [5, 5.41) is 9.19. The number of halogens is 1. The number of hydrogen-bond acceptors (Lipinski definition) is 3. The number of rotatable bonds is 7. The molecule has 0 aromatic heterocycles. The van der Waals surface area contributed by atoms with E-state index in [0.717, 1.165) is 12.8 Å². The van der Waals surface area contributed by atoms with Crippen molar-refractivity contribution in [1.82, 2.24) is 4.90 Å². The third kappa shape index (κ3) is 5.23. The van der Waals surface area contributed by atoms with Gasteiger partial charge in [-0.2, -0.15) is 0 Å². The van der Waals surface area contributed by atoms with Crippen molar-refractivity contribution in [2.75, 3.05) is 20.1 Å². The molecule has 0 aliphatic carbocycles. The van der Waals surface area contributed by atoms with Crippen LogP contribution in [0.25, 0.3) is 0 Å². The molecule has 0 saturated carbocycles. The molecular formula is C12H27ClN2O2. The molecule has 0 radical (unpaired) electrons. The molecule has 17 heavy (non-hydrogen) atoms. The van der Waals surface area contributed by atoms with Crippen molar-refractivity contribution in [3.63, 3.8) is 0 Å². The fourth-order valence-corrected chi connectivity index (χ4v) is 1.82. The smallest absolute Gasteiger partial charge is 0.229 e. The Balaban J connectivity index is 0. The topological polar surface area (TPSA) is 66.6 Å². The van der Waals surface area contributed by atoms with E-state index in [2.05, 4.69) is 0 Å². The van der Waals surface area contributed by atoms with E-state index in [-0.39, 0.29) is 24.4 Å². The minimum atomic E-state index is -0.423. The SMILES string of the molecule is CCC(CC)(CN)C(=O)N(C)CCC(C)O.Cl. The molecule has 1 unspecified atom stereocenters. The number of nitrogens with two attached hydrogens (primary N) is 1. The number of amides is 1. The highest BCUT2D eigenvalue weighted by molar-refractivity contribution is 5.85. The van der Waals surface area contributed by atoms with Crippen molar-refractivity contribution in [3.8, 4) is 0 Å². The Morgan fingerprint density at radius 2 is 1.88 bits per heavy atom. The van der Waals surface area contributed by atoms with Crippen LogP contribution in [0.5, 0.6) is 0 Å². The van der Waals surface area contributed by atoms with Crippen LogP contribution in [-0.2, 0) is 4.79 Å². The molecule has 0 bridgehead atoms. The van der Waals surface area contributed by atoms with Crippen molar-refractivity contribution in [2.24, 2.45) is 11.1 Å². The molecule has 5 heteroatoms. The molecule has 0 aromatic rings. The minimum absolute atomic E-state index is 0. The zero-order valence-electron chi connectivity index (χ0n) is 11.4. The second kappa shape index (κ2) is 8.72. The van der Waals surface area contributed by atoms with Crippen LogP contribution in [0.15, 0.2) is 0 Å². The number of carbonyl (C=O) groups excluding carboxylic acids is 1. The van der Waals surface area contributed by atoms with E-state index in [1.165, 1.54) is 0 Å². The standard InChI is InChI=1S/C12H26N2O2.ClH/c1-5-12(6-2,9-13)11(16)14(4)8-7-10(3)15;/h10,15H,5-9,13H2,1-4H3;1H.